The molecule has 1 amide bonds. The zero-order valence-electron chi connectivity index (χ0n) is 18.5. The van der Waals surface area contributed by atoms with Crippen LogP contribution < -0.4 is 10.2 Å². The van der Waals surface area contributed by atoms with E-state index in [9.17, 15) is 9.59 Å². The molecule has 0 spiro atoms. The number of nitrogens with one attached hydrogen (secondary N) is 1. The zero-order valence-corrected chi connectivity index (χ0v) is 19.3. The molecule has 3 rings (SSSR count). The Labute approximate surface area is 198 Å². The van der Waals surface area contributed by atoms with Gasteiger partial charge in [0.25, 0.3) is 5.91 Å². The summed E-state index contributed by atoms with van der Waals surface area (Å²) in [6, 6.07) is 17.2. The molecule has 0 aliphatic rings. The van der Waals surface area contributed by atoms with Crippen molar-refractivity contribution < 1.29 is 14.3 Å². The first-order valence-corrected chi connectivity index (χ1v) is 11.2. The average molecular weight is 467 g/mol. The monoisotopic (exact) mass is 466 g/mol. The molecule has 0 fully saturated rings. The molecule has 172 valence electrons. The normalized spacial score (nSPS) is 10.5. The first-order valence-electron chi connectivity index (χ1n) is 10.9. The summed E-state index contributed by atoms with van der Waals surface area (Å²) in [5.41, 5.74) is 2.09. The maximum atomic E-state index is 12.4. The quantitative estimate of drug-likeness (QED) is 0.298. The minimum Gasteiger partial charge on any atom is -0.469 e. The van der Waals surface area contributed by atoms with Crippen LogP contribution in [0.4, 0.5) is 17.3 Å². The third-order valence-electron chi connectivity index (χ3n) is 5.00. The molecule has 1 heterocycles. The van der Waals surface area contributed by atoms with Gasteiger partial charge in [0.1, 0.15) is 0 Å². The number of amides is 1. The van der Waals surface area contributed by atoms with Gasteiger partial charge in [0.15, 0.2) is 0 Å². The van der Waals surface area contributed by atoms with Gasteiger partial charge in [-0.25, -0.2) is 9.97 Å². The van der Waals surface area contributed by atoms with Crippen molar-refractivity contribution in [1.29, 1.82) is 0 Å². The van der Waals surface area contributed by atoms with Crippen molar-refractivity contribution in [2.45, 2.75) is 32.1 Å². The van der Waals surface area contributed by atoms with Crippen LogP contribution in [0.2, 0.25) is 5.02 Å². The molecule has 0 aliphatic carbocycles. The number of carbonyl (C=O) groups is 2. The number of benzene rings is 2. The van der Waals surface area contributed by atoms with E-state index in [1.54, 1.807) is 0 Å². The van der Waals surface area contributed by atoms with Gasteiger partial charge in [-0.2, -0.15) is 0 Å². The topological polar surface area (TPSA) is 84.4 Å². The number of halogens is 1. The molecule has 2 aromatic carbocycles. The number of carbonyl (C=O) groups excluding carboxylic acids is 2. The van der Waals surface area contributed by atoms with E-state index in [1.807, 2.05) is 59.5 Å². The number of hydrogen-bond donors (Lipinski definition) is 1. The summed E-state index contributed by atoms with van der Waals surface area (Å²) >= 11 is 6.20. The molecule has 7 nitrogen and oxygen atoms in total. The van der Waals surface area contributed by atoms with Crippen LogP contribution in [0.3, 0.4) is 0 Å². The standard InChI is InChI=1S/C25H27ClN4O3/c1-33-23(31)14-7-2-3-8-15-27-24(32)19-17-28-25(29-18-19)30(21-11-5-4-6-12-21)22-13-9-10-20(26)16-22/h4-6,9-13,16-18H,2-3,7-8,14-15H2,1H3,(H,27,32). The molecular weight excluding hydrogens is 440 g/mol. The van der Waals surface area contributed by atoms with E-state index in [2.05, 4.69) is 20.0 Å². The van der Waals surface area contributed by atoms with E-state index in [4.69, 9.17) is 11.6 Å². The molecule has 8 heteroatoms. The number of esters is 1. The van der Waals surface area contributed by atoms with Crippen LogP contribution >= 0.6 is 11.6 Å². The molecule has 0 unspecified atom stereocenters. The van der Waals surface area contributed by atoms with Crippen molar-refractivity contribution >= 4 is 40.8 Å². The third kappa shape index (κ3) is 7.29. The van der Waals surface area contributed by atoms with Crippen molar-refractivity contribution in [2.24, 2.45) is 0 Å². The van der Waals surface area contributed by atoms with Crippen LogP contribution in [0.25, 0.3) is 0 Å². The Morgan fingerprint density at radius 3 is 2.33 bits per heavy atom. The van der Waals surface area contributed by atoms with Gasteiger partial charge in [-0.3, -0.25) is 14.5 Å². The number of aromatic nitrogens is 2. The number of anilines is 3. The molecule has 0 bridgehead atoms. The lowest BCUT2D eigenvalue weighted by molar-refractivity contribution is -0.140. The molecule has 0 atom stereocenters. The predicted octanol–water partition coefficient (Wildman–Crippen LogP) is 5.45. The predicted molar refractivity (Wildman–Crippen MR) is 129 cm³/mol. The molecule has 0 saturated heterocycles. The van der Waals surface area contributed by atoms with Crippen molar-refractivity contribution in [3.63, 3.8) is 0 Å². The number of hydrogen-bond acceptors (Lipinski definition) is 6. The second-order valence-electron chi connectivity index (χ2n) is 7.42. The molecule has 0 radical (unpaired) electrons. The lowest BCUT2D eigenvalue weighted by Gasteiger charge is -2.23. The fraction of sp³-hybridized carbons (Fsp3) is 0.280. The highest BCUT2D eigenvalue weighted by Gasteiger charge is 2.16. The second kappa shape index (κ2) is 12.6. The van der Waals surface area contributed by atoms with E-state index < -0.39 is 0 Å². The smallest absolute Gasteiger partial charge is 0.305 e. The van der Waals surface area contributed by atoms with Gasteiger partial charge in [0, 0.05) is 36.1 Å². The van der Waals surface area contributed by atoms with Crippen molar-refractivity contribution in [1.82, 2.24) is 15.3 Å². The number of ether oxygens (including phenoxy) is 1. The summed E-state index contributed by atoms with van der Waals surface area (Å²) in [5.74, 6) is 0.0312. The summed E-state index contributed by atoms with van der Waals surface area (Å²) in [7, 11) is 1.39. The summed E-state index contributed by atoms with van der Waals surface area (Å²) in [5, 5.41) is 3.49. The first-order chi connectivity index (χ1) is 16.1. The fourth-order valence-electron chi connectivity index (χ4n) is 3.28. The summed E-state index contributed by atoms with van der Waals surface area (Å²) in [4.78, 5) is 34.3. The molecule has 1 N–H and O–H groups in total. The van der Waals surface area contributed by atoms with Gasteiger partial charge in [-0.05, 0) is 43.2 Å². The van der Waals surface area contributed by atoms with Gasteiger partial charge in [0.2, 0.25) is 5.95 Å². The van der Waals surface area contributed by atoms with Crippen LogP contribution in [0.5, 0.6) is 0 Å². The Morgan fingerprint density at radius 1 is 0.939 bits per heavy atom. The van der Waals surface area contributed by atoms with Crippen LogP contribution in [0.15, 0.2) is 67.0 Å². The maximum absolute atomic E-state index is 12.4. The lowest BCUT2D eigenvalue weighted by atomic mass is 10.1. The Hall–Kier alpha value is -3.45. The number of methoxy groups -OCH3 is 1. The Morgan fingerprint density at radius 2 is 1.64 bits per heavy atom. The average Bonchev–Trinajstić information content (AvgIpc) is 2.84. The van der Waals surface area contributed by atoms with Gasteiger partial charge < -0.3 is 10.1 Å². The lowest BCUT2D eigenvalue weighted by Crippen LogP contribution is -2.25. The van der Waals surface area contributed by atoms with Crippen LogP contribution in [0.1, 0.15) is 42.5 Å². The van der Waals surface area contributed by atoms with Crippen molar-refractivity contribution in [2.75, 3.05) is 18.6 Å². The van der Waals surface area contributed by atoms with Gasteiger partial charge in [0.05, 0.1) is 18.4 Å². The summed E-state index contributed by atoms with van der Waals surface area (Å²) < 4.78 is 4.62. The highest BCUT2D eigenvalue weighted by molar-refractivity contribution is 6.30. The summed E-state index contributed by atoms with van der Waals surface area (Å²) in [6.45, 7) is 0.553. The SMILES string of the molecule is COC(=O)CCCCCCNC(=O)c1cnc(N(c2ccccc2)c2cccc(Cl)c2)nc1. The van der Waals surface area contributed by atoms with Gasteiger partial charge >= 0.3 is 5.97 Å². The van der Waals surface area contributed by atoms with E-state index in [0.29, 0.717) is 29.5 Å². The second-order valence-corrected chi connectivity index (χ2v) is 7.86. The van der Waals surface area contributed by atoms with E-state index in [1.165, 1.54) is 19.5 Å². The van der Waals surface area contributed by atoms with Crippen LogP contribution in [-0.2, 0) is 9.53 Å². The molecule has 0 aliphatic heterocycles. The molecule has 3 aromatic rings. The fourth-order valence-corrected chi connectivity index (χ4v) is 3.46. The highest BCUT2D eigenvalue weighted by atomic mass is 35.5. The highest BCUT2D eigenvalue weighted by Crippen LogP contribution is 2.32. The minimum atomic E-state index is -0.217. The van der Waals surface area contributed by atoms with Gasteiger partial charge in [-0.15, -0.1) is 0 Å². The Kier molecular flexibility index (Phi) is 9.20. The van der Waals surface area contributed by atoms with Crippen molar-refractivity contribution in [3.05, 3.63) is 77.6 Å². The van der Waals surface area contributed by atoms with E-state index >= 15 is 0 Å². The molecular formula is C25H27ClN4O3. The molecule has 0 saturated carbocycles. The third-order valence-corrected chi connectivity index (χ3v) is 5.24. The Balaban J connectivity index is 1.59. The van der Waals surface area contributed by atoms with Crippen molar-refractivity contribution in [3.8, 4) is 0 Å². The maximum Gasteiger partial charge on any atom is 0.305 e. The first kappa shape index (κ1) is 24.2. The summed E-state index contributed by atoms with van der Waals surface area (Å²) in [6.07, 6.45) is 6.95. The van der Waals surface area contributed by atoms with E-state index in [0.717, 1.165) is 37.1 Å². The van der Waals surface area contributed by atoms with Gasteiger partial charge in [-0.1, -0.05) is 48.7 Å². The minimum absolute atomic E-state index is 0.187. The number of unbranched alkanes of at least 4 members (excludes halogenated alkanes) is 3. The Bertz CT molecular complexity index is 1050. The van der Waals surface area contributed by atoms with E-state index in [-0.39, 0.29) is 11.9 Å². The number of para-hydroxylation sites is 1. The zero-order chi connectivity index (χ0) is 23.5. The number of nitrogens with zero attached hydrogens (tertiary/aromatic N) is 3. The molecule has 1 aromatic heterocycles. The number of rotatable bonds is 11. The molecule has 33 heavy (non-hydrogen) atoms. The van der Waals surface area contributed by atoms with Crippen LogP contribution in [0, 0.1) is 0 Å². The largest absolute Gasteiger partial charge is 0.469 e. The van der Waals surface area contributed by atoms with Crippen LogP contribution in [-0.4, -0.2) is 35.5 Å².